The van der Waals surface area contributed by atoms with Crippen LogP contribution in [0.25, 0.3) is 0 Å². The lowest BCUT2D eigenvalue weighted by Gasteiger charge is -2.28. The molecule has 1 aromatic carbocycles. The molecule has 112 valence electrons. The van der Waals surface area contributed by atoms with Crippen molar-refractivity contribution < 1.29 is 29.9 Å². The minimum absolute atomic E-state index is 0.175. The molecule has 1 aromatic rings. The standard InChI is InChI=1S/C13H17ClO6/c14-8-4-2-1-3-7(8)13-19-6-10(17)11(18)12(20-13)9(16)5-15/h1-4,9-13,15-18H,5-6H2/t9-,10+,11-,12-,13?/m0/s1. The fourth-order valence-corrected chi connectivity index (χ4v) is 2.24. The van der Waals surface area contributed by atoms with E-state index in [4.69, 9.17) is 26.2 Å². The van der Waals surface area contributed by atoms with Crippen LogP contribution in [0.4, 0.5) is 0 Å². The highest BCUT2D eigenvalue weighted by molar-refractivity contribution is 6.31. The molecule has 1 aliphatic heterocycles. The Labute approximate surface area is 121 Å². The van der Waals surface area contributed by atoms with Gasteiger partial charge in [0, 0.05) is 10.6 Å². The molecular formula is C13H17ClO6. The number of halogens is 1. The zero-order valence-electron chi connectivity index (χ0n) is 10.6. The molecule has 1 saturated heterocycles. The summed E-state index contributed by atoms with van der Waals surface area (Å²) >= 11 is 6.05. The Kier molecular flexibility index (Phi) is 5.34. The first kappa shape index (κ1) is 15.7. The summed E-state index contributed by atoms with van der Waals surface area (Å²) in [6.45, 7) is -0.782. The van der Waals surface area contributed by atoms with E-state index in [0.29, 0.717) is 10.6 Å². The third kappa shape index (κ3) is 3.29. The van der Waals surface area contributed by atoms with Crippen LogP contribution in [0, 0.1) is 0 Å². The molecule has 0 amide bonds. The predicted octanol–water partition coefficient (Wildman–Crippen LogP) is -0.171. The lowest BCUT2D eigenvalue weighted by molar-refractivity contribution is -0.199. The molecule has 2 rings (SSSR count). The molecule has 5 atom stereocenters. The maximum absolute atomic E-state index is 9.89. The van der Waals surface area contributed by atoms with Gasteiger partial charge in [0.25, 0.3) is 0 Å². The zero-order valence-corrected chi connectivity index (χ0v) is 11.3. The van der Waals surface area contributed by atoms with E-state index in [1.54, 1.807) is 24.3 Å². The summed E-state index contributed by atoms with van der Waals surface area (Å²) < 4.78 is 10.9. The molecule has 0 aromatic heterocycles. The number of aliphatic hydroxyl groups excluding tert-OH is 4. The van der Waals surface area contributed by atoms with E-state index in [1.807, 2.05) is 0 Å². The van der Waals surface area contributed by atoms with E-state index >= 15 is 0 Å². The summed E-state index contributed by atoms with van der Waals surface area (Å²) in [6, 6.07) is 6.81. The molecule has 0 bridgehead atoms. The summed E-state index contributed by atoms with van der Waals surface area (Å²) in [4.78, 5) is 0. The van der Waals surface area contributed by atoms with Crippen LogP contribution in [0.3, 0.4) is 0 Å². The van der Waals surface area contributed by atoms with Gasteiger partial charge in [0.2, 0.25) is 0 Å². The van der Waals surface area contributed by atoms with E-state index in [1.165, 1.54) is 0 Å². The summed E-state index contributed by atoms with van der Waals surface area (Å²) in [7, 11) is 0. The largest absolute Gasteiger partial charge is 0.394 e. The van der Waals surface area contributed by atoms with Crippen LogP contribution in [-0.4, -0.2) is 58.1 Å². The van der Waals surface area contributed by atoms with Gasteiger partial charge < -0.3 is 29.9 Å². The molecule has 1 fully saturated rings. The molecule has 4 N–H and O–H groups in total. The van der Waals surface area contributed by atoms with Gasteiger partial charge in [0.15, 0.2) is 6.29 Å². The van der Waals surface area contributed by atoms with Crippen LogP contribution < -0.4 is 0 Å². The van der Waals surface area contributed by atoms with Gasteiger partial charge in [-0.15, -0.1) is 0 Å². The van der Waals surface area contributed by atoms with E-state index in [-0.39, 0.29) is 6.61 Å². The van der Waals surface area contributed by atoms with Crippen molar-refractivity contribution in [3.05, 3.63) is 34.9 Å². The van der Waals surface area contributed by atoms with Gasteiger partial charge in [-0.25, -0.2) is 0 Å². The van der Waals surface area contributed by atoms with Crippen LogP contribution in [0.5, 0.6) is 0 Å². The van der Waals surface area contributed by atoms with Crippen molar-refractivity contribution in [3.63, 3.8) is 0 Å². The quantitative estimate of drug-likeness (QED) is 0.619. The highest BCUT2D eigenvalue weighted by atomic mass is 35.5. The normalized spacial score (nSPS) is 32.6. The van der Waals surface area contributed by atoms with E-state index in [2.05, 4.69) is 0 Å². The first-order valence-corrected chi connectivity index (χ1v) is 6.59. The lowest BCUT2D eigenvalue weighted by Crippen LogP contribution is -2.47. The molecule has 7 heteroatoms. The highest BCUT2D eigenvalue weighted by Gasteiger charge is 2.39. The minimum atomic E-state index is -1.37. The highest BCUT2D eigenvalue weighted by Crippen LogP contribution is 2.31. The van der Waals surface area contributed by atoms with E-state index in [9.17, 15) is 15.3 Å². The Hall–Kier alpha value is -0.730. The maximum Gasteiger partial charge on any atom is 0.185 e. The fourth-order valence-electron chi connectivity index (χ4n) is 2.02. The molecule has 0 radical (unpaired) electrons. The second-order valence-electron chi connectivity index (χ2n) is 4.60. The Bertz CT molecular complexity index is 443. The Morgan fingerprint density at radius 3 is 2.65 bits per heavy atom. The van der Waals surface area contributed by atoms with Gasteiger partial charge >= 0.3 is 0 Å². The molecule has 0 spiro atoms. The second-order valence-corrected chi connectivity index (χ2v) is 5.00. The smallest absolute Gasteiger partial charge is 0.185 e. The Balaban J connectivity index is 2.25. The number of aliphatic hydroxyl groups is 4. The van der Waals surface area contributed by atoms with Crippen molar-refractivity contribution >= 4 is 11.6 Å². The van der Waals surface area contributed by atoms with Gasteiger partial charge in [-0.2, -0.15) is 0 Å². The number of hydrogen-bond acceptors (Lipinski definition) is 6. The molecular weight excluding hydrogens is 288 g/mol. The van der Waals surface area contributed by atoms with Crippen LogP contribution in [0.15, 0.2) is 24.3 Å². The van der Waals surface area contributed by atoms with Crippen molar-refractivity contribution in [3.8, 4) is 0 Å². The average molecular weight is 305 g/mol. The summed E-state index contributed by atoms with van der Waals surface area (Å²) in [6.07, 6.45) is -6.06. The average Bonchev–Trinajstić information content (AvgIpc) is 2.60. The van der Waals surface area contributed by atoms with Crippen molar-refractivity contribution in [1.29, 1.82) is 0 Å². The van der Waals surface area contributed by atoms with E-state index < -0.39 is 37.3 Å². The number of hydrogen-bond donors (Lipinski definition) is 4. The van der Waals surface area contributed by atoms with E-state index in [0.717, 1.165) is 0 Å². The van der Waals surface area contributed by atoms with Gasteiger partial charge in [0.1, 0.15) is 24.4 Å². The van der Waals surface area contributed by atoms with Gasteiger partial charge in [0.05, 0.1) is 13.2 Å². The van der Waals surface area contributed by atoms with Crippen molar-refractivity contribution in [1.82, 2.24) is 0 Å². The van der Waals surface area contributed by atoms with Gasteiger partial charge in [-0.1, -0.05) is 29.8 Å². The van der Waals surface area contributed by atoms with Crippen LogP contribution in [0.1, 0.15) is 11.9 Å². The molecule has 0 saturated carbocycles. The van der Waals surface area contributed by atoms with Crippen LogP contribution in [-0.2, 0) is 9.47 Å². The van der Waals surface area contributed by atoms with Crippen molar-refractivity contribution in [2.45, 2.75) is 30.7 Å². The molecule has 0 aliphatic carbocycles. The van der Waals surface area contributed by atoms with Crippen LogP contribution >= 0.6 is 11.6 Å². The zero-order chi connectivity index (χ0) is 14.7. The summed E-state index contributed by atoms with van der Waals surface area (Å²) in [5, 5.41) is 38.7. The molecule has 1 heterocycles. The van der Waals surface area contributed by atoms with Crippen LogP contribution in [0.2, 0.25) is 5.02 Å². The SMILES string of the molecule is OC[C@H](O)[C@@H]1OC(c2ccccc2Cl)OC[C@@H](O)[C@@H]1O. The molecule has 6 nitrogen and oxygen atoms in total. The molecule has 1 aliphatic rings. The Morgan fingerprint density at radius 2 is 2.00 bits per heavy atom. The lowest BCUT2D eigenvalue weighted by atomic mass is 10.0. The van der Waals surface area contributed by atoms with Crippen molar-refractivity contribution in [2.24, 2.45) is 0 Å². The number of rotatable bonds is 3. The molecule has 1 unspecified atom stereocenters. The van der Waals surface area contributed by atoms with Gasteiger partial charge in [-0.05, 0) is 6.07 Å². The third-order valence-electron chi connectivity index (χ3n) is 3.16. The molecule has 20 heavy (non-hydrogen) atoms. The Morgan fingerprint density at radius 1 is 1.30 bits per heavy atom. The predicted molar refractivity (Wildman–Crippen MR) is 70.1 cm³/mol. The summed E-state index contributed by atoms with van der Waals surface area (Å²) in [5.41, 5.74) is 0.519. The second kappa shape index (κ2) is 6.82. The van der Waals surface area contributed by atoms with Crippen molar-refractivity contribution in [2.75, 3.05) is 13.2 Å². The number of benzene rings is 1. The minimum Gasteiger partial charge on any atom is -0.394 e. The number of ether oxygens (including phenoxy) is 2. The third-order valence-corrected chi connectivity index (χ3v) is 3.50. The van der Waals surface area contributed by atoms with Gasteiger partial charge in [-0.3, -0.25) is 0 Å². The topological polar surface area (TPSA) is 99.4 Å². The summed E-state index contributed by atoms with van der Waals surface area (Å²) in [5.74, 6) is 0. The monoisotopic (exact) mass is 304 g/mol. The fraction of sp³-hybridized carbons (Fsp3) is 0.538. The maximum atomic E-state index is 9.89. The first-order valence-electron chi connectivity index (χ1n) is 6.21. The first-order chi connectivity index (χ1) is 9.54.